The SMILES string of the molecule is Cc1cc(C(N)C2CCOC3(CCSC3)C2)co1. The van der Waals surface area contributed by atoms with Crippen molar-refractivity contribution in [1.82, 2.24) is 0 Å². The average Bonchev–Trinajstić information content (AvgIpc) is 2.98. The molecule has 1 aromatic heterocycles. The minimum absolute atomic E-state index is 0.0915. The van der Waals surface area contributed by atoms with Crippen molar-refractivity contribution in [2.45, 2.75) is 37.8 Å². The lowest BCUT2D eigenvalue weighted by atomic mass is 9.80. The second-order valence-electron chi connectivity index (χ2n) is 5.60. The second kappa shape index (κ2) is 4.91. The smallest absolute Gasteiger partial charge is 0.101 e. The Morgan fingerprint density at radius 2 is 2.44 bits per heavy atom. The van der Waals surface area contributed by atoms with Crippen LogP contribution in [-0.2, 0) is 4.74 Å². The number of hydrogen-bond donors (Lipinski definition) is 1. The summed E-state index contributed by atoms with van der Waals surface area (Å²) in [5, 5.41) is 0. The Bertz CT molecular complexity index is 412. The molecule has 3 heterocycles. The molecule has 18 heavy (non-hydrogen) atoms. The van der Waals surface area contributed by atoms with Crippen LogP contribution >= 0.6 is 11.8 Å². The number of nitrogens with two attached hydrogens (primary N) is 1. The monoisotopic (exact) mass is 267 g/mol. The summed E-state index contributed by atoms with van der Waals surface area (Å²) in [6.45, 7) is 2.82. The van der Waals surface area contributed by atoms with Crippen molar-refractivity contribution in [2.24, 2.45) is 11.7 Å². The molecule has 4 heteroatoms. The Morgan fingerprint density at radius 1 is 1.56 bits per heavy atom. The van der Waals surface area contributed by atoms with Crippen LogP contribution in [0.5, 0.6) is 0 Å². The number of aryl methyl sites for hydroxylation is 1. The van der Waals surface area contributed by atoms with Crippen molar-refractivity contribution in [3.8, 4) is 0 Å². The van der Waals surface area contributed by atoms with Crippen LogP contribution in [0.25, 0.3) is 0 Å². The van der Waals surface area contributed by atoms with Crippen molar-refractivity contribution in [2.75, 3.05) is 18.1 Å². The van der Waals surface area contributed by atoms with Crippen LogP contribution in [0.1, 0.15) is 36.6 Å². The quantitative estimate of drug-likeness (QED) is 0.895. The first-order chi connectivity index (χ1) is 8.69. The first-order valence-corrected chi connectivity index (χ1v) is 7.86. The van der Waals surface area contributed by atoms with Crippen molar-refractivity contribution in [3.05, 3.63) is 23.7 Å². The van der Waals surface area contributed by atoms with Gasteiger partial charge in [0.2, 0.25) is 0 Å². The summed E-state index contributed by atoms with van der Waals surface area (Å²) < 4.78 is 11.4. The lowest BCUT2D eigenvalue weighted by Crippen LogP contribution is -2.42. The molecule has 0 amide bonds. The van der Waals surface area contributed by atoms with E-state index in [9.17, 15) is 0 Å². The van der Waals surface area contributed by atoms with E-state index in [1.165, 1.54) is 12.2 Å². The molecule has 0 bridgehead atoms. The van der Waals surface area contributed by atoms with Crippen molar-refractivity contribution in [3.63, 3.8) is 0 Å². The summed E-state index contributed by atoms with van der Waals surface area (Å²) in [5.41, 5.74) is 7.67. The van der Waals surface area contributed by atoms with Crippen molar-refractivity contribution >= 4 is 11.8 Å². The molecular weight excluding hydrogens is 246 g/mol. The third-order valence-electron chi connectivity index (χ3n) is 4.24. The predicted octanol–water partition coefficient (Wildman–Crippen LogP) is 2.89. The average molecular weight is 267 g/mol. The zero-order chi connectivity index (χ0) is 12.6. The van der Waals surface area contributed by atoms with Gasteiger partial charge in [0.05, 0.1) is 11.9 Å². The summed E-state index contributed by atoms with van der Waals surface area (Å²) in [7, 11) is 0. The summed E-state index contributed by atoms with van der Waals surface area (Å²) in [6.07, 6.45) is 5.17. The Labute approximate surface area is 112 Å². The van der Waals surface area contributed by atoms with Gasteiger partial charge in [0.15, 0.2) is 0 Å². The number of thioether (sulfide) groups is 1. The third-order valence-corrected chi connectivity index (χ3v) is 5.46. The largest absolute Gasteiger partial charge is 0.469 e. The second-order valence-corrected chi connectivity index (χ2v) is 6.71. The summed E-state index contributed by atoms with van der Waals surface area (Å²) in [6, 6.07) is 2.16. The van der Waals surface area contributed by atoms with E-state index >= 15 is 0 Å². The zero-order valence-electron chi connectivity index (χ0n) is 10.9. The molecule has 2 aliphatic heterocycles. The topological polar surface area (TPSA) is 48.4 Å². The van der Waals surface area contributed by atoms with Gasteiger partial charge in [0.25, 0.3) is 0 Å². The fourth-order valence-electron chi connectivity index (χ4n) is 3.15. The Kier molecular flexibility index (Phi) is 3.43. The van der Waals surface area contributed by atoms with Gasteiger partial charge >= 0.3 is 0 Å². The molecule has 3 rings (SSSR count). The Hall–Kier alpha value is -0.450. The minimum Gasteiger partial charge on any atom is -0.469 e. The lowest BCUT2D eigenvalue weighted by molar-refractivity contribution is -0.0834. The molecule has 1 spiro atoms. The summed E-state index contributed by atoms with van der Waals surface area (Å²) in [5.74, 6) is 3.83. The normalized spacial score (nSPS) is 34.0. The third kappa shape index (κ3) is 2.33. The van der Waals surface area contributed by atoms with Crippen LogP contribution in [-0.4, -0.2) is 23.7 Å². The van der Waals surface area contributed by atoms with Crippen LogP contribution in [0.3, 0.4) is 0 Å². The highest BCUT2D eigenvalue weighted by atomic mass is 32.2. The first kappa shape index (κ1) is 12.6. The van der Waals surface area contributed by atoms with E-state index in [2.05, 4.69) is 6.07 Å². The van der Waals surface area contributed by atoms with Gasteiger partial charge in [-0.05, 0) is 43.9 Å². The van der Waals surface area contributed by atoms with E-state index in [1.807, 2.05) is 24.9 Å². The zero-order valence-corrected chi connectivity index (χ0v) is 11.7. The maximum Gasteiger partial charge on any atom is 0.101 e. The lowest BCUT2D eigenvalue weighted by Gasteiger charge is -2.39. The van der Waals surface area contributed by atoms with Crippen LogP contribution in [0, 0.1) is 12.8 Å². The number of hydrogen-bond acceptors (Lipinski definition) is 4. The van der Waals surface area contributed by atoms with E-state index in [1.54, 1.807) is 0 Å². The van der Waals surface area contributed by atoms with Crippen molar-refractivity contribution in [1.29, 1.82) is 0 Å². The maximum absolute atomic E-state index is 6.41. The Balaban J connectivity index is 1.72. The van der Waals surface area contributed by atoms with Crippen LogP contribution in [0.4, 0.5) is 0 Å². The highest BCUT2D eigenvalue weighted by Gasteiger charge is 2.42. The van der Waals surface area contributed by atoms with E-state index in [0.29, 0.717) is 5.92 Å². The molecule has 0 aromatic carbocycles. The van der Waals surface area contributed by atoms with E-state index < -0.39 is 0 Å². The molecule has 0 radical (unpaired) electrons. The fraction of sp³-hybridized carbons (Fsp3) is 0.714. The van der Waals surface area contributed by atoms with Gasteiger partial charge < -0.3 is 14.9 Å². The van der Waals surface area contributed by atoms with Gasteiger partial charge in [-0.2, -0.15) is 11.8 Å². The molecule has 2 saturated heterocycles. The van der Waals surface area contributed by atoms with Gasteiger partial charge in [0, 0.05) is 24.0 Å². The van der Waals surface area contributed by atoms with Crippen LogP contribution in [0.15, 0.2) is 16.7 Å². The Morgan fingerprint density at radius 3 is 3.11 bits per heavy atom. The highest BCUT2D eigenvalue weighted by molar-refractivity contribution is 7.99. The standard InChI is InChI=1S/C14H21NO2S/c1-10-6-12(8-16-10)13(15)11-2-4-17-14(7-11)3-5-18-9-14/h6,8,11,13H,2-5,7,9,15H2,1H3. The predicted molar refractivity (Wildman–Crippen MR) is 73.7 cm³/mol. The molecule has 3 atom stereocenters. The fourth-order valence-corrected chi connectivity index (χ4v) is 4.52. The molecule has 3 nitrogen and oxygen atoms in total. The van der Waals surface area contributed by atoms with Gasteiger partial charge in [-0.25, -0.2) is 0 Å². The van der Waals surface area contributed by atoms with Gasteiger partial charge in [-0.1, -0.05) is 0 Å². The highest BCUT2D eigenvalue weighted by Crippen LogP contribution is 2.43. The number of ether oxygens (including phenoxy) is 1. The molecule has 0 saturated carbocycles. The van der Waals surface area contributed by atoms with Gasteiger partial charge in [-0.15, -0.1) is 0 Å². The maximum atomic E-state index is 6.41. The van der Waals surface area contributed by atoms with E-state index in [-0.39, 0.29) is 11.6 Å². The molecule has 2 N–H and O–H groups in total. The molecule has 3 unspecified atom stereocenters. The molecule has 0 aliphatic carbocycles. The van der Waals surface area contributed by atoms with Crippen LogP contribution in [0.2, 0.25) is 0 Å². The molecule has 1 aromatic rings. The number of furan rings is 1. The summed E-state index contributed by atoms with van der Waals surface area (Å²) >= 11 is 2.01. The first-order valence-electron chi connectivity index (χ1n) is 6.71. The minimum atomic E-state index is 0.0915. The molecule has 2 fully saturated rings. The van der Waals surface area contributed by atoms with Crippen molar-refractivity contribution < 1.29 is 9.15 Å². The van der Waals surface area contributed by atoms with Gasteiger partial charge in [-0.3, -0.25) is 0 Å². The summed E-state index contributed by atoms with van der Waals surface area (Å²) in [4.78, 5) is 0. The number of rotatable bonds is 2. The van der Waals surface area contributed by atoms with E-state index in [0.717, 1.165) is 36.5 Å². The van der Waals surface area contributed by atoms with E-state index in [4.69, 9.17) is 14.9 Å². The van der Waals surface area contributed by atoms with Gasteiger partial charge in [0.1, 0.15) is 5.76 Å². The molecular formula is C14H21NO2S. The molecule has 100 valence electrons. The molecule has 2 aliphatic rings. The van der Waals surface area contributed by atoms with Crippen LogP contribution < -0.4 is 5.73 Å².